The second kappa shape index (κ2) is 14.1. The van der Waals surface area contributed by atoms with Crippen LogP contribution in [0.5, 0.6) is 0 Å². The van der Waals surface area contributed by atoms with Crippen LogP contribution >= 0.6 is 7.82 Å². The largest absolute Gasteiger partial charge is 0.475 e. The number of hydrogen-bond donors (Lipinski definition) is 0. The minimum absolute atomic E-state index is 0.173. The minimum Gasteiger partial charge on any atom is -0.287 e. The number of aryl methyl sites for hydroxylation is 2. The molecule has 0 heterocycles. The van der Waals surface area contributed by atoms with Gasteiger partial charge in [-0.25, -0.2) is 4.57 Å². The van der Waals surface area contributed by atoms with Crippen molar-refractivity contribution in [2.24, 2.45) is 0 Å². The zero-order valence-corrected chi connectivity index (χ0v) is 20.4. The second-order valence-electron chi connectivity index (χ2n) is 8.18. The molecule has 0 saturated carbocycles. The highest BCUT2D eigenvalue weighted by molar-refractivity contribution is 7.48. The van der Waals surface area contributed by atoms with E-state index >= 15 is 0 Å². The van der Waals surface area contributed by atoms with Crippen molar-refractivity contribution < 1.29 is 18.1 Å². The third kappa shape index (κ3) is 9.65. The van der Waals surface area contributed by atoms with E-state index in [0.29, 0.717) is 6.61 Å². The molecule has 3 rings (SSSR count). The van der Waals surface area contributed by atoms with Crippen LogP contribution < -0.4 is 0 Å². The third-order valence-electron chi connectivity index (χ3n) is 5.38. The van der Waals surface area contributed by atoms with Crippen molar-refractivity contribution in [3.8, 4) is 0 Å². The Morgan fingerprint density at radius 1 is 0.606 bits per heavy atom. The summed E-state index contributed by atoms with van der Waals surface area (Å²) in [5.41, 5.74) is 4.50. The van der Waals surface area contributed by atoms with Crippen molar-refractivity contribution in [1.29, 1.82) is 0 Å². The molecule has 3 aromatic carbocycles. The maximum Gasteiger partial charge on any atom is 0.475 e. The zero-order valence-electron chi connectivity index (χ0n) is 19.5. The van der Waals surface area contributed by atoms with Gasteiger partial charge in [-0.15, -0.1) is 0 Å². The fourth-order valence-electron chi connectivity index (χ4n) is 3.54. The number of phosphoric ester groups is 1. The first-order chi connectivity index (χ1) is 16.2. The maximum atomic E-state index is 13.3. The molecule has 0 fully saturated rings. The molecular formula is C28H35O4P. The molecule has 5 heteroatoms. The van der Waals surface area contributed by atoms with E-state index in [9.17, 15) is 4.57 Å². The summed E-state index contributed by atoms with van der Waals surface area (Å²) >= 11 is 0. The summed E-state index contributed by atoms with van der Waals surface area (Å²) in [6.07, 6.45) is 6.44. The van der Waals surface area contributed by atoms with Crippen LogP contribution in [0.1, 0.15) is 54.9 Å². The first-order valence-corrected chi connectivity index (χ1v) is 13.3. The van der Waals surface area contributed by atoms with E-state index in [1.807, 2.05) is 60.7 Å². The maximum absolute atomic E-state index is 13.3. The molecule has 0 spiro atoms. The Balaban J connectivity index is 1.52. The molecule has 176 valence electrons. The summed E-state index contributed by atoms with van der Waals surface area (Å²) in [7, 11) is -3.70. The van der Waals surface area contributed by atoms with Crippen LogP contribution in [-0.4, -0.2) is 6.61 Å². The Hall–Kier alpha value is -2.23. The summed E-state index contributed by atoms with van der Waals surface area (Å²) in [6, 6.07) is 28.0. The summed E-state index contributed by atoms with van der Waals surface area (Å²) in [4.78, 5) is 0. The van der Waals surface area contributed by atoms with Gasteiger partial charge in [-0.05, 0) is 47.9 Å². The van der Waals surface area contributed by atoms with Gasteiger partial charge in [0.25, 0.3) is 0 Å². The Kier molecular flexibility index (Phi) is 10.9. The van der Waals surface area contributed by atoms with Gasteiger partial charge < -0.3 is 0 Å². The topological polar surface area (TPSA) is 44.8 Å². The SMILES string of the molecule is CCCCCc1cccc(CCCOP(=O)(OCc2ccccc2)OCc2ccccc2)c1. The van der Waals surface area contributed by atoms with E-state index < -0.39 is 7.82 Å². The summed E-state index contributed by atoms with van der Waals surface area (Å²) in [5, 5.41) is 0. The normalized spacial score (nSPS) is 11.5. The predicted molar refractivity (Wildman–Crippen MR) is 134 cm³/mol. The van der Waals surface area contributed by atoms with E-state index in [1.54, 1.807) is 0 Å². The monoisotopic (exact) mass is 466 g/mol. The van der Waals surface area contributed by atoms with Crippen LogP contribution in [0.4, 0.5) is 0 Å². The number of hydrogen-bond acceptors (Lipinski definition) is 4. The van der Waals surface area contributed by atoms with Gasteiger partial charge in [0.1, 0.15) is 0 Å². The first-order valence-electron chi connectivity index (χ1n) is 11.9. The molecule has 0 aromatic heterocycles. The van der Waals surface area contributed by atoms with E-state index in [2.05, 4.69) is 31.2 Å². The fraction of sp³-hybridized carbons (Fsp3) is 0.357. The molecule has 3 aromatic rings. The predicted octanol–water partition coefficient (Wildman–Crippen LogP) is 7.91. The van der Waals surface area contributed by atoms with E-state index in [0.717, 1.165) is 30.4 Å². The van der Waals surface area contributed by atoms with Gasteiger partial charge in [0.15, 0.2) is 0 Å². The Bertz CT molecular complexity index is 928. The average Bonchev–Trinajstić information content (AvgIpc) is 2.86. The number of unbranched alkanes of at least 4 members (excludes halogenated alkanes) is 2. The fourth-order valence-corrected chi connectivity index (χ4v) is 4.73. The molecule has 0 radical (unpaired) electrons. The van der Waals surface area contributed by atoms with Gasteiger partial charge in [0, 0.05) is 0 Å². The lowest BCUT2D eigenvalue weighted by Crippen LogP contribution is -2.03. The van der Waals surface area contributed by atoms with Crippen molar-refractivity contribution in [1.82, 2.24) is 0 Å². The van der Waals surface area contributed by atoms with Crippen molar-refractivity contribution in [3.63, 3.8) is 0 Å². The van der Waals surface area contributed by atoms with Gasteiger partial charge in [-0.2, -0.15) is 0 Å². The summed E-state index contributed by atoms with van der Waals surface area (Å²) in [6.45, 7) is 2.88. The van der Waals surface area contributed by atoms with Crippen molar-refractivity contribution in [2.45, 2.75) is 58.7 Å². The Morgan fingerprint density at radius 2 is 1.12 bits per heavy atom. The van der Waals surface area contributed by atoms with Gasteiger partial charge in [0.05, 0.1) is 19.8 Å². The average molecular weight is 467 g/mol. The van der Waals surface area contributed by atoms with Crippen LogP contribution in [0.3, 0.4) is 0 Å². The number of phosphoric acid groups is 1. The zero-order chi connectivity index (χ0) is 23.2. The quantitative estimate of drug-likeness (QED) is 0.169. The lowest BCUT2D eigenvalue weighted by Gasteiger charge is -2.18. The van der Waals surface area contributed by atoms with E-state index in [1.165, 1.54) is 30.4 Å². The van der Waals surface area contributed by atoms with Crippen LogP contribution in [-0.2, 0) is 44.2 Å². The highest BCUT2D eigenvalue weighted by Gasteiger charge is 2.27. The Labute approximate surface area is 198 Å². The van der Waals surface area contributed by atoms with Crippen LogP contribution in [0, 0.1) is 0 Å². The minimum atomic E-state index is -3.70. The van der Waals surface area contributed by atoms with Gasteiger partial charge in [0.2, 0.25) is 0 Å². The molecule has 33 heavy (non-hydrogen) atoms. The standard InChI is InChI=1S/C28H35O4P/c1-2-3-6-13-25-18-11-19-26(22-25)20-12-21-30-33(29,31-23-27-14-7-4-8-15-27)32-24-28-16-9-5-10-17-28/h4-5,7-11,14-19,22H,2-3,6,12-13,20-21,23-24H2,1H3. The molecule has 0 amide bonds. The third-order valence-corrected chi connectivity index (χ3v) is 6.77. The molecule has 0 bridgehead atoms. The molecule has 0 atom stereocenters. The summed E-state index contributed by atoms with van der Waals surface area (Å²) < 4.78 is 30.4. The molecular weight excluding hydrogens is 431 g/mol. The van der Waals surface area contributed by atoms with Crippen molar-refractivity contribution in [2.75, 3.05) is 6.61 Å². The number of rotatable bonds is 15. The van der Waals surface area contributed by atoms with Gasteiger partial charge >= 0.3 is 7.82 Å². The molecule has 0 saturated heterocycles. The molecule has 0 aliphatic rings. The first kappa shape index (κ1) is 25.4. The smallest absolute Gasteiger partial charge is 0.287 e. The molecule has 0 N–H and O–H groups in total. The lowest BCUT2D eigenvalue weighted by atomic mass is 10.0. The van der Waals surface area contributed by atoms with Gasteiger partial charge in [-0.1, -0.05) is 105 Å². The van der Waals surface area contributed by atoms with E-state index in [4.69, 9.17) is 13.6 Å². The highest BCUT2D eigenvalue weighted by atomic mass is 31.2. The van der Waals surface area contributed by atoms with E-state index in [-0.39, 0.29) is 13.2 Å². The van der Waals surface area contributed by atoms with Gasteiger partial charge in [-0.3, -0.25) is 13.6 Å². The molecule has 0 aliphatic carbocycles. The van der Waals surface area contributed by atoms with Crippen molar-refractivity contribution >= 4 is 7.82 Å². The summed E-state index contributed by atoms with van der Waals surface area (Å²) in [5.74, 6) is 0. The highest BCUT2D eigenvalue weighted by Crippen LogP contribution is 2.51. The molecule has 4 nitrogen and oxygen atoms in total. The lowest BCUT2D eigenvalue weighted by molar-refractivity contribution is 0.102. The second-order valence-corrected chi connectivity index (χ2v) is 9.85. The number of benzene rings is 3. The van der Waals surface area contributed by atoms with Crippen LogP contribution in [0.2, 0.25) is 0 Å². The Morgan fingerprint density at radius 3 is 1.67 bits per heavy atom. The van der Waals surface area contributed by atoms with Crippen LogP contribution in [0.25, 0.3) is 0 Å². The van der Waals surface area contributed by atoms with Crippen LogP contribution in [0.15, 0.2) is 84.9 Å². The molecule has 0 aliphatic heterocycles. The van der Waals surface area contributed by atoms with Crippen molar-refractivity contribution in [3.05, 3.63) is 107 Å². The molecule has 0 unspecified atom stereocenters.